The number of amides is 1. The van der Waals surface area contributed by atoms with Crippen molar-refractivity contribution >= 4 is 29.2 Å². The van der Waals surface area contributed by atoms with E-state index in [0.717, 1.165) is 12.0 Å². The van der Waals surface area contributed by atoms with Crippen LogP contribution in [0.1, 0.15) is 23.5 Å². The van der Waals surface area contributed by atoms with Crippen molar-refractivity contribution < 1.29 is 9.59 Å². The highest BCUT2D eigenvalue weighted by Crippen LogP contribution is 2.23. The lowest BCUT2D eigenvalue weighted by Gasteiger charge is -2.26. The Morgan fingerprint density at radius 3 is 2.73 bits per heavy atom. The molecule has 0 fully saturated rings. The molecule has 4 nitrogen and oxygen atoms in total. The lowest BCUT2D eigenvalue weighted by atomic mass is 10.2. The molecule has 0 radical (unpaired) electrons. The highest BCUT2D eigenvalue weighted by atomic mass is 32.1. The van der Waals surface area contributed by atoms with Crippen molar-refractivity contribution in [2.45, 2.75) is 19.9 Å². The molecule has 0 aliphatic carbocycles. The summed E-state index contributed by atoms with van der Waals surface area (Å²) < 4.78 is 0. The van der Waals surface area contributed by atoms with E-state index in [2.05, 4.69) is 0 Å². The van der Waals surface area contributed by atoms with Crippen LogP contribution in [0, 0.1) is 0 Å². The second kappa shape index (κ2) is 4.93. The predicted molar refractivity (Wildman–Crippen MR) is 61.4 cm³/mol. The summed E-state index contributed by atoms with van der Waals surface area (Å²) in [5.41, 5.74) is 6.03. The molecular weight excluding hydrogens is 212 g/mol. The van der Waals surface area contributed by atoms with E-state index >= 15 is 0 Å². The third-order valence-corrected chi connectivity index (χ3v) is 2.85. The van der Waals surface area contributed by atoms with Crippen LogP contribution < -0.4 is 10.6 Å². The Bertz CT molecular complexity index is 360. The lowest BCUT2D eigenvalue weighted by Crippen LogP contribution is -2.38. The second-order valence-corrected chi connectivity index (χ2v) is 4.46. The van der Waals surface area contributed by atoms with Crippen molar-refractivity contribution in [3.8, 4) is 0 Å². The van der Waals surface area contributed by atoms with Crippen LogP contribution in [-0.2, 0) is 4.79 Å². The number of carbonyl (C=O) groups is 2. The van der Waals surface area contributed by atoms with Crippen molar-refractivity contribution in [3.63, 3.8) is 0 Å². The fourth-order valence-electron chi connectivity index (χ4n) is 1.29. The Morgan fingerprint density at radius 2 is 2.33 bits per heavy atom. The van der Waals surface area contributed by atoms with Crippen LogP contribution >= 0.6 is 11.3 Å². The van der Waals surface area contributed by atoms with Crippen LogP contribution in [0.3, 0.4) is 0 Å². The molecule has 5 heteroatoms. The molecule has 1 heterocycles. The van der Waals surface area contributed by atoms with E-state index in [9.17, 15) is 9.59 Å². The number of rotatable bonds is 5. The van der Waals surface area contributed by atoms with Gasteiger partial charge in [-0.25, -0.2) is 0 Å². The summed E-state index contributed by atoms with van der Waals surface area (Å²) in [7, 11) is 0. The molecule has 0 unspecified atom stereocenters. The number of primary amides is 1. The van der Waals surface area contributed by atoms with Crippen LogP contribution in [0.2, 0.25) is 0 Å². The number of carbonyl (C=O) groups excluding carboxylic acids is 2. The molecule has 0 spiro atoms. The Hall–Kier alpha value is -1.36. The van der Waals surface area contributed by atoms with E-state index in [1.807, 2.05) is 24.1 Å². The van der Waals surface area contributed by atoms with Crippen LogP contribution in [0.4, 0.5) is 5.69 Å². The summed E-state index contributed by atoms with van der Waals surface area (Å²) in [6, 6.07) is 1.94. The highest BCUT2D eigenvalue weighted by molar-refractivity contribution is 7.12. The average molecular weight is 226 g/mol. The molecule has 0 aliphatic rings. The van der Waals surface area contributed by atoms with E-state index in [-0.39, 0.29) is 18.5 Å². The highest BCUT2D eigenvalue weighted by Gasteiger charge is 2.14. The summed E-state index contributed by atoms with van der Waals surface area (Å²) in [6.45, 7) is 4.12. The average Bonchev–Trinajstić information content (AvgIpc) is 2.61. The van der Waals surface area contributed by atoms with Gasteiger partial charge in [-0.3, -0.25) is 9.59 Å². The molecule has 0 atom stereocenters. The second-order valence-electron chi connectivity index (χ2n) is 3.51. The van der Waals surface area contributed by atoms with Gasteiger partial charge >= 0.3 is 0 Å². The first kappa shape index (κ1) is 11.7. The quantitative estimate of drug-likeness (QED) is 0.769. The molecule has 1 aromatic rings. The Balaban J connectivity index is 2.88. The van der Waals surface area contributed by atoms with Gasteiger partial charge in [-0.15, -0.1) is 11.3 Å². The number of anilines is 1. The first-order valence-electron chi connectivity index (χ1n) is 4.63. The molecule has 0 aliphatic heterocycles. The van der Waals surface area contributed by atoms with Crippen molar-refractivity contribution in [1.29, 1.82) is 0 Å². The predicted octanol–water partition coefficient (Wildman–Crippen LogP) is 1.26. The monoisotopic (exact) mass is 226 g/mol. The van der Waals surface area contributed by atoms with Gasteiger partial charge in [-0.1, -0.05) is 0 Å². The van der Waals surface area contributed by atoms with Crippen LogP contribution in [-0.4, -0.2) is 24.8 Å². The van der Waals surface area contributed by atoms with E-state index in [0.29, 0.717) is 4.88 Å². The first-order valence-corrected chi connectivity index (χ1v) is 5.51. The molecule has 15 heavy (non-hydrogen) atoms. The van der Waals surface area contributed by atoms with Gasteiger partial charge in [0.25, 0.3) is 0 Å². The van der Waals surface area contributed by atoms with Crippen LogP contribution in [0.15, 0.2) is 11.4 Å². The molecule has 0 saturated heterocycles. The Morgan fingerprint density at radius 1 is 1.67 bits per heavy atom. The number of nitrogens with two attached hydrogens (primary N) is 1. The van der Waals surface area contributed by atoms with Gasteiger partial charge in [0.05, 0.1) is 11.4 Å². The van der Waals surface area contributed by atoms with Gasteiger partial charge in [0.15, 0.2) is 6.29 Å². The third kappa shape index (κ3) is 3.06. The van der Waals surface area contributed by atoms with Crippen molar-refractivity contribution in [2.75, 3.05) is 11.4 Å². The third-order valence-electron chi connectivity index (χ3n) is 2.00. The van der Waals surface area contributed by atoms with Crippen LogP contribution in [0.5, 0.6) is 0 Å². The number of nitrogens with zero attached hydrogens (tertiary/aromatic N) is 1. The van der Waals surface area contributed by atoms with Gasteiger partial charge in [-0.2, -0.15) is 0 Å². The number of aldehydes is 1. The minimum Gasteiger partial charge on any atom is -0.368 e. The van der Waals surface area contributed by atoms with E-state index in [4.69, 9.17) is 5.73 Å². The van der Waals surface area contributed by atoms with Crippen LogP contribution in [0.25, 0.3) is 0 Å². The SMILES string of the molecule is CC(C)N(CC(N)=O)c1csc(C=O)c1. The molecule has 0 aromatic carbocycles. The maximum absolute atomic E-state index is 10.9. The molecule has 0 bridgehead atoms. The van der Waals surface area contributed by atoms with E-state index < -0.39 is 0 Å². The fraction of sp³-hybridized carbons (Fsp3) is 0.400. The number of hydrogen-bond acceptors (Lipinski definition) is 4. The minimum atomic E-state index is -0.373. The maximum atomic E-state index is 10.9. The number of thiophene rings is 1. The topological polar surface area (TPSA) is 63.4 Å². The van der Waals surface area contributed by atoms with E-state index in [1.165, 1.54) is 11.3 Å². The summed E-state index contributed by atoms with van der Waals surface area (Å²) >= 11 is 1.36. The van der Waals surface area contributed by atoms with Crippen molar-refractivity contribution in [1.82, 2.24) is 0 Å². The summed E-state index contributed by atoms with van der Waals surface area (Å²) in [5.74, 6) is -0.373. The van der Waals surface area contributed by atoms with Crippen molar-refractivity contribution in [3.05, 3.63) is 16.3 Å². The zero-order valence-corrected chi connectivity index (χ0v) is 9.58. The lowest BCUT2D eigenvalue weighted by molar-refractivity contribution is -0.116. The summed E-state index contributed by atoms with van der Waals surface area (Å²) in [6.07, 6.45) is 0.803. The normalized spacial score (nSPS) is 10.3. The summed E-state index contributed by atoms with van der Waals surface area (Å²) in [4.78, 5) is 23.9. The minimum absolute atomic E-state index is 0.173. The molecule has 0 saturated carbocycles. The van der Waals surface area contributed by atoms with Gasteiger partial charge < -0.3 is 10.6 Å². The zero-order valence-electron chi connectivity index (χ0n) is 8.77. The molecule has 1 amide bonds. The van der Waals surface area contributed by atoms with Gasteiger partial charge in [-0.05, 0) is 19.9 Å². The van der Waals surface area contributed by atoms with Gasteiger partial charge in [0, 0.05) is 17.1 Å². The van der Waals surface area contributed by atoms with E-state index in [1.54, 1.807) is 6.07 Å². The van der Waals surface area contributed by atoms with Gasteiger partial charge in [0.1, 0.15) is 0 Å². The summed E-state index contributed by atoms with van der Waals surface area (Å²) in [5, 5.41) is 1.85. The molecule has 82 valence electrons. The molecule has 2 N–H and O–H groups in total. The van der Waals surface area contributed by atoms with Crippen molar-refractivity contribution in [2.24, 2.45) is 5.73 Å². The Kier molecular flexibility index (Phi) is 3.85. The maximum Gasteiger partial charge on any atom is 0.236 e. The zero-order chi connectivity index (χ0) is 11.4. The standard InChI is InChI=1S/C10H14N2O2S/c1-7(2)12(4-10(11)14)8-3-9(5-13)15-6-8/h3,5-7H,4H2,1-2H3,(H2,11,14). The largest absolute Gasteiger partial charge is 0.368 e. The Labute approximate surface area is 92.7 Å². The smallest absolute Gasteiger partial charge is 0.236 e. The molecule has 1 aromatic heterocycles. The fourth-order valence-corrected chi connectivity index (χ4v) is 2.00. The first-order chi connectivity index (χ1) is 7.04. The number of hydrogen-bond donors (Lipinski definition) is 1. The molecular formula is C10H14N2O2S. The molecule has 1 rings (SSSR count). The van der Waals surface area contributed by atoms with Gasteiger partial charge in [0.2, 0.25) is 5.91 Å².